The molecule has 1 heterocycles. The third-order valence-electron chi connectivity index (χ3n) is 4.91. The van der Waals surface area contributed by atoms with E-state index in [1.165, 1.54) is 5.56 Å². The van der Waals surface area contributed by atoms with Crippen LogP contribution in [0.3, 0.4) is 0 Å². The van der Waals surface area contributed by atoms with E-state index in [0.29, 0.717) is 17.7 Å². The van der Waals surface area contributed by atoms with Gasteiger partial charge in [0.05, 0.1) is 5.56 Å². The molecule has 4 rings (SSSR count). The second-order valence-electron chi connectivity index (χ2n) is 7.01. The molecule has 0 aliphatic rings. The molecule has 3 aromatic carbocycles. The van der Waals surface area contributed by atoms with Gasteiger partial charge in [-0.15, -0.1) is 11.8 Å². The van der Waals surface area contributed by atoms with E-state index in [4.69, 9.17) is 4.42 Å². The summed E-state index contributed by atoms with van der Waals surface area (Å²) in [6.07, 6.45) is 1.50. The molecular weight excluding hydrogens is 392 g/mol. The van der Waals surface area contributed by atoms with E-state index < -0.39 is 5.63 Å². The first kappa shape index (κ1) is 20.0. The van der Waals surface area contributed by atoms with Crippen molar-refractivity contribution in [3.8, 4) is 17.1 Å². The van der Waals surface area contributed by atoms with Crippen LogP contribution < -0.4 is 5.63 Å². The molecule has 0 aliphatic carbocycles. The summed E-state index contributed by atoms with van der Waals surface area (Å²) in [4.78, 5) is 14.0. The van der Waals surface area contributed by atoms with E-state index >= 15 is 0 Å². The van der Waals surface area contributed by atoms with Gasteiger partial charge >= 0.3 is 5.63 Å². The van der Waals surface area contributed by atoms with Gasteiger partial charge in [0.15, 0.2) is 0 Å². The minimum Gasteiger partial charge on any atom is -0.507 e. The average Bonchev–Trinajstić information content (AvgIpc) is 2.79. The molecule has 0 radical (unpaired) electrons. The van der Waals surface area contributed by atoms with Crippen molar-refractivity contribution in [2.24, 2.45) is 0 Å². The molecule has 30 heavy (non-hydrogen) atoms. The molecule has 4 aromatic rings. The topological polar surface area (TPSA) is 50.4 Å². The summed E-state index contributed by atoms with van der Waals surface area (Å²) in [6, 6.07) is 31.0. The fourth-order valence-electron chi connectivity index (χ4n) is 3.40. The highest BCUT2D eigenvalue weighted by atomic mass is 32.2. The maximum Gasteiger partial charge on any atom is 0.344 e. The third kappa shape index (κ3) is 4.84. The van der Waals surface area contributed by atoms with Crippen LogP contribution in [0, 0.1) is 0 Å². The summed E-state index contributed by atoms with van der Waals surface area (Å²) in [6.45, 7) is 0. The van der Waals surface area contributed by atoms with Crippen molar-refractivity contribution in [1.82, 2.24) is 0 Å². The first-order valence-corrected chi connectivity index (χ1v) is 10.8. The number of hydrogen-bond acceptors (Lipinski definition) is 4. The lowest BCUT2D eigenvalue weighted by Gasteiger charge is -2.17. The molecule has 0 saturated carbocycles. The fraction of sp³-hybridized carbons (Fsp3) is 0.115. The van der Waals surface area contributed by atoms with Gasteiger partial charge in [-0.1, -0.05) is 78.9 Å². The van der Waals surface area contributed by atoms with Gasteiger partial charge < -0.3 is 9.52 Å². The van der Waals surface area contributed by atoms with Crippen molar-refractivity contribution in [1.29, 1.82) is 0 Å². The van der Waals surface area contributed by atoms with E-state index in [9.17, 15) is 9.90 Å². The SMILES string of the molecule is O=c1oc(-c2ccccc2)cc(O)c1C(CCc1ccccc1)Sc1ccccc1. The maximum atomic E-state index is 12.9. The van der Waals surface area contributed by atoms with Crippen LogP contribution in [0.2, 0.25) is 0 Å². The Bertz CT molecular complexity index is 1140. The van der Waals surface area contributed by atoms with Gasteiger partial charge in [-0.3, -0.25) is 0 Å². The Labute approximate surface area is 180 Å². The van der Waals surface area contributed by atoms with E-state index in [2.05, 4.69) is 12.1 Å². The quantitative estimate of drug-likeness (QED) is 0.352. The first-order valence-electron chi connectivity index (χ1n) is 9.89. The highest BCUT2D eigenvalue weighted by Gasteiger charge is 2.23. The summed E-state index contributed by atoms with van der Waals surface area (Å²) < 4.78 is 5.62. The summed E-state index contributed by atoms with van der Waals surface area (Å²) in [5.74, 6) is 0.347. The largest absolute Gasteiger partial charge is 0.507 e. The van der Waals surface area contributed by atoms with Gasteiger partial charge in [0.25, 0.3) is 0 Å². The second-order valence-corrected chi connectivity index (χ2v) is 8.28. The fourth-order valence-corrected chi connectivity index (χ4v) is 4.61. The van der Waals surface area contributed by atoms with E-state index in [1.807, 2.05) is 78.9 Å². The predicted octanol–water partition coefficient (Wildman–Crippen LogP) is 6.48. The van der Waals surface area contributed by atoms with Crippen LogP contribution in [-0.2, 0) is 6.42 Å². The van der Waals surface area contributed by atoms with E-state index in [1.54, 1.807) is 17.8 Å². The number of aromatic hydroxyl groups is 1. The van der Waals surface area contributed by atoms with Crippen LogP contribution in [0.4, 0.5) is 0 Å². The number of hydrogen-bond donors (Lipinski definition) is 1. The van der Waals surface area contributed by atoms with Gasteiger partial charge in [-0.05, 0) is 30.5 Å². The Morgan fingerprint density at radius 1 is 0.833 bits per heavy atom. The van der Waals surface area contributed by atoms with Crippen molar-refractivity contribution in [3.05, 3.63) is 119 Å². The Kier molecular flexibility index (Phi) is 6.35. The van der Waals surface area contributed by atoms with Crippen LogP contribution >= 0.6 is 11.8 Å². The summed E-state index contributed by atoms with van der Waals surface area (Å²) >= 11 is 1.57. The molecule has 4 heteroatoms. The standard InChI is InChI=1S/C26H22O3S/c27-22-18-23(20-12-6-2-7-13-20)29-26(28)25(22)24(30-21-14-8-3-9-15-21)17-16-19-10-4-1-5-11-19/h1-15,18,24,27H,16-17H2. The number of thioether (sulfide) groups is 1. The Hall–Kier alpha value is -3.24. The molecule has 1 aromatic heterocycles. The van der Waals surface area contributed by atoms with Gasteiger partial charge in [-0.25, -0.2) is 4.79 Å². The third-order valence-corrected chi connectivity index (χ3v) is 6.21. The van der Waals surface area contributed by atoms with Crippen LogP contribution in [-0.4, -0.2) is 5.11 Å². The van der Waals surface area contributed by atoms with Crippen LogP contribution in [0.15, 0.2) is 111 Å². The van der Waals surface area contributed by atoms with Gasteiger partial charge in [-0.2, -0.15) is 0 Å². The van der Waals surface area contributed by atoms with E-state index in [0.717, 1.165) is 16.9 Å². The van der Waals surface area contributed by atoms with Crippen molar-refractivity contribution in [2.45, 2.75) is 23.0 Å². The van der Waals surface area contributed by atoms with Crippen molar-refractivity contribution >= 4 is 11.8 Å². The molecule has 150 valence electrons. The van der Waals surface area contributed by atoms with Crippen LogP contribution in [0.5, 0.6) is 5.75 Å². The summed E-state index contributed by atoms with van der Waals surface area (Å²) in [5.41, 5.74) is 1.78. The zero-order valence-electron chi connectivity index (χ0n) is 16.4. The Morgan fingerprint density at radius 2 is 1.43 bits per heavy atom. The van der Waals surface area contributed by atoms with Gasteiger partial charge in [0, 0.05) is 21.8 Å². The Morgan fingerprint density at radius 3 is 2.07 bits per heavy atom. The predicted molar refractivity (Wildman–Crippen MR) is 122 cm³/mol. The molecule has 0 aliphatic heterocycles. The van der Waals surface area contributed by atoms with Crippen LogP contribution in [0.1, 0.15) is 22.8 Å². The first-order chi connectivity index (χ1) is 14.7. The lowest BCUT2D eigenvalue weighted by Crippen LogP contribution is -2.12. The molecule has 1 atom stereocenters. The minimum absolute atomic E-state index is 0.0217. The molecule has 3 nitrogen and oxygen atoms in total. The molecule has 1 unspecified atom stereocenters. The normalized spacial score (nSPS) is 11.9. The molecule has 1 N–H and O–H groups in total. The van der Waals surface area contributed by atoms with Crippen molar-refractivity contribution in [2.75, 3.05) is 0 Å². The lowest BCUT2D eigenvalue weighted by atomic mass is 10.0. The summed E-state index contributed by atoms with van der Waals surface area (Å²) in [7, 11) is 0. The smallest absolute Gasteiger partial charge is 0.344 e. The van der Waals surface area contributed by atoms with Gasteiger partial charge in [0.1, 0.15) is 11.5 Å². The Balaban J connectivity index is 1.67. The van der Waals surface area contributed by atoms with Crippen LogP contribution in [0.25, 0.3) is 11.3 Å². The lowest BCUT2D eigenvalue weighted by molar-refractivity contribution is 0.438. The zero-order valence-corrected chi connectivity index (χ0v) is 17.2. The van der Waals surface area contributed by atoms with Gasteiger partial charge in [0.2, 0.25) is 0 Å². The molecule has 0 saturated heterocycles. The maximum absolute atomic E-state index is 12.9. The molecule has 0 fully saturated rings. The monoisotopic (exact) mass is 414 g/mol. The average molecular weight is 415 g/mol. The highest BCUT2D eigenvalue weighted by Crippen LogP contribution is 2.41. The number of rotatable bonds is 7. The molecule has 0 amide bonds. The van der Waals surface area contributed by atoms with Crippen molar-refractivity contribution in [3.63, 3.8) is 0 Å². The molecule has 0 bridgehead atoms. The zero-order chi connectivity index (χ0) is 20.8. The summed E-state index contributed by atoms with van der Waals surface area (Å²) in [5, 5.41) is 10.6. The number of benzene rings is 3. The number of aryl methyl sites for hydroxylation is 1. The molecule has 0 spiro atoms. The van der Waals surface area contributed by atoms with E-state index in [-0.39, 0.29) is 11.0 Å². The highest BCUT2D eigenvalue weighted by molar-refractivity contribution is 7.99. The second kappa shape index (κ2) is 9.51. The molecular formula is C26H22O3S. The minimum atomic E-state index is -0.490. The van der Waals surface area contributed by atoms with Crippen molar-refractivity contribution < 1.29 is 9.52 Å².